The van der Waals surface area contributed by atoms with Gasteiger partial charge < -0.3 is 15.1 Å². The molecule has 1 N–H and O–H groups in total. The highest BCUT2D eigenvalue weighted by Crippen LogP contribution is 2.18. The molecule has 1 aromatic heterocycles. The van der Waals surface area contributed by atoms with Gasteiger partial charge in [0.15, 0.2) is 0 Å². The van der Waals surface area contributed by atoms with E-state index in [1.165, 1.54) is 12.1 Å². The number of aromatic nitrogens is 1. The van der Waals surface area contributed by atoms with E-state index in [0.717, 1.165) is 28.6 Å². The molecule has 0 atom stereocenters. The van der Waals surface area contributed by atoms with Crippen LogP contribution in [0, 0.1) is 5.82 Å². The summed E-state index contributed by atoms with van der Waals surface area (Å²) in [5.41, 5.74) is 1.61. The second-order valence-electron chi connectivity index (χ2n) is 6.72. The Labute approximate surface area is 158 Å². The van der Waals surface area contributed by atoms with Gasteiger partial charge in [0.05, 0.1) is 0 Å². The number of likely N-dealkylation sites (N-methyl/N-ethyl adjacent to an activating group) is 1. The van der Waals surface area contributed by atoms with Gasteiger partial charge in [-0.05, 0) is 55.4 Å². The third-order valence-electron chi connectivity index (χ3n) is 4.28. The van der Waals surface area contributed by atoms with Crippen LogP contribution in [0.4, 0.5) is 14.9 Å². The maximum absolute atomic E-state index is 13.1. The van der Waals surface area contributed by atoms with Gasteiger partial charge in [0.25, 0.3) is 0 Å². The largest absolute Gasteiger partial charge is 0.322 e. The Hall–Kier alpha value is -2.99. The van der Waals surface area contributed by atoms with Crippen LogP contribution in [0.5, 0.6) is 0 Å². The minimum absolute atomic E-state index is 0.186. The van der Waals surface area contributed by atoms with Crippen LogP contribution in [-0.4, -0.2) is 48.0 Å². The van der Waals surface area contributed by atoms with E-state index in [0.29, 0.717) is 13.1 Å². The van der Waals surface area contributed by atoms with Crippen LogP contribution in [0.2, 0.25) is 0 Å². The second kappa shape index (κ2) is 8.60. The van der Waals surface area contributed by atoms with Crippen molar-refractivity contribution in [1.29, 1.82) is 0 Å². The van der Waals surface area contributed by atoms with E-state index >= 15 is 0 Å². The fraction of sp³-hybridized carbons (Fsp3) is 0.238. The van der Waals surface area contributed by atoms with Crippen molar-refractivity contribution in [2.45, 2.75) is 6.54 Å². The van der Waals surface area contributed by atoms with Gasteiger partial charge in [0.2, 0.25) is 0 Å². The SMILES string of the molecule is CN(C)CCN(Cc1ccc(F)cc1)C(=O)Nc1ccc2cnccc2c1. The smallest absolute Gasteiger partial charge is 0.319 e. The summed E-state index contributed by atoms with van der Waals surface area (Å²) in [5.74, 6) is -0.284. The quantitative estimate of drug-likeness (QED) is 0.718. The van der Waals surface area contributed by atoms with E-state index in [2.05, 4.69) is 10.3 Å². The number of fused-ring (bicyclic) bond motifs is 1. The number of hydrogen-bond donors (Lipinski definition) is 1. The fourth-order valence-corrected chi connectivity index (χ4v) is 2.75. The molecule has 0 unspecified atom stereocenters. The highest BCUT2D eigenvalue weighted by atomic mass is 19.1. The van der Waals surface area contributed by atoms with E-state index in [4.69, 9.17) is 0 Å². The molecule has 140 valence electrons. The van der Waals surface area contributed by atoms with Crippen LogP contribution in [-0.2, 0) is 6.54 Å². The first-order valence-corrected chi connectivity index (χ1v) is 8.80. The van der Waals surface area contributed by atoms with Gasteiger partial charge in [-0.1, -0.05) is 18.2 Å². The van der Waals surface area contributed by atoms with Gasteiger partial charge in [0.1, 0.15) is 5.82 Å². The lowest BCUT2D eigenvalue weighted by molar-refractivity contribution is 0.202. The van der Waals surface area contributed by atoms with Gasteiger partial charge in [-0.25, -0.2) is 9.18 Å². The summed E-state index contributed by atoms with van der Waals surface area (Å²) in [5, 5.41) is 5.00. The topological polar surface area (TPSA) is 48.5 Å². The van der Waals surface area contributed by atoms with E-state index in [1.54, 1.807) is 29.4 Å². The number of anilines is 1. The number of pyridine rings is 1. The first kappa shape index (κ1) is 18.8. The Morgan fingerprint density at radius 2 is 1.81 bits per heavy atom. The van der Waals surface area contributed by atoms with Crippen LogP contribution < -0.4 is 5.32 Å². The van der Waals surface area contributed by atoms with Crippen molar-refractivity contribution in [2.24, 2.45) is 0 Å². The maximum atomic E-state index is 13.1. The molecule has 0 radical (unpaired) electrons. The predicted octanol–water partition coefficient (Wildman–Crippen LogP) is 3.97. The third-order valence-corrected chi connectivity index (χ3v) is 4.28. The normalized spacial score (nSPS) is 11.0. The molecule has 3 rings (SSSR count). The number of carbonyl (C=O) groups is 1. The van der Waals surface area contributed by atoms with Crippen LogP contribution in [0.3, 0.4) is 0 Å². The maximum Gasteiger partial charge on any atom is 0.322 e. The molecule has 5 nitrogen and oxygen atoms in total. The lowest BCUT2D eigenvalue weighted by Crippen LogP contribution is -2.39. The standard InChI is InChI=1S/C21H23FN4O/c1-25(2)11-12-26(15-16-3-6-19(22)7-4-16)21(27)24-20-8-5-18-14-23-10-9-17(18)13-20/h3-10,13-14H,11-12,15H2,1-2H3,(H,24,27). The summed E-state index contributed by atoms with van der Waals surface area (Å²) in [7, 11) is 3.93. The minimum Gasteiger partial charge on any atom is -0.319 e. The number of nitrogens with zero attached hydrogens (tertiary/aromatic N) is 3. The Kier molecular flexibility index (Phi) is 5.98. The summed E-state index contributed by atoms with van der Waals surface area (Å²) < 4.78 is 13.1. The van der Waals surface area contributed by atoms with Gasteiger partial charge in [-0.2, -0.15) is 0 Å². The first-order chi connectivity index (χ1) is 13.0. The van der Waals surface area contributed by atoms with Crippen molar-refractivity contribution in [3.8, 4) is 0 Å². The highest BCUT2D eigenvalue weighted by molar-refractivity contribution is 5.93. The first-order valence-electron chi connectivity index (χ1n) is 8.80. The van der Waals surface area contributed by atoms with Crippen LogP contribution >= 0.6 is 0 Å². The van der Waals surface area contributed by atoms with E-state index in [1.807, 2.05) is 43.3 Å². The molecule has 2 amide bonds. The van der Waals surface area contributed by atoms with Crippen molar-refractivity contribution < 1.29 is 9.18 Å². The van der Waals surface area contributed by atoms with Crippen molar-refractivity contribution in [3.05, 3.63) is 72.3 Å². The van der Waals surface area contributed by atoms with Crippen LogP contribution in [0.15, 0.2) is 60.9 Å². The molecule has 1 heterocycles. The lowest BCUT2D eigenvalue weighted by atomic mass is 10.1. The third kappa shape index (κ3) is 5.24. The molecular formula is C21H23FN4O. The molecule has 0 aliphatic rings. The molecule has 0 spiro atoms. The second-order valence-corrected chi connectivity index (χ2v) is 6.72. The number of carbonyl (C=O) groups excluding carboxylic acids is 1. The zero-order chi connectivity index (χ0) is 19.2. The van der Waals surface area contributed by atoms with E-state index in [-0.39, 0.29) is 11.8 Å². The summed E-state index contributed by atoms with van der Waals surface area (Å²) in [6.07, 6.45) is 3.52. The molecule has 0 aliphatic carbocycles. The van der Waals surface area contributed by atoms with E-state index in [9.17, 15) is 9.18 Å². The Morgan fingerprint density at radius 1 is 1.04 bits per heavy atom. The van der Waals surface area contributed by atoms with Gasteiger partial charge >= 0.3 is 6.03 Å². The van der Waals surface area contributed by atoms with Crippen molar-refractivity contribution in [2.75, 3.05) is 32.5 Å². The van der Waals surface area contributed by atoms with Gasteiger partial charge in [-0.3, -0.25) is 4.98 Å². The molecule has 0 saturated carbocycles. The monoisotopic (exact) mass is 366 g/mol. The Bertz CT molecular complexity index is 911. The molecule has 0 saturated heterocycles. The molecule has 0 bridgehead atoms. The summed E-state index contributed by atoms with van der Waals surface area (Å²) in [4.78, 5) is 20.7. The van der Waals surface area contributed by atoms with Gasteiger partial charge in [-0.15, -0.1) is 0 Å². The average Bonchev–Trinajstić information content (AvgIpc) is 2.66. The summed E-state index contributed by atoms with van der Waals surface area (Å²) >= 11 is 0. The average molecular weight is 366 g/mol. The number of hydrogen-bond acceptors (Lipinski definition) is 3. The molecule has 0 fully saturated rings. The summed E-state index contributed by atoms with van der Waals surface area (Å²) in [6.45, 7) is 1.71. The van der Waals surface area contributed by atoms with Crippen molar-refractivity contribution >= 4 is 22.5 Å². The molecule has 6 heteroatoms. The van der Waals surface area contributed by atoms with Crippen molar-refractivity contribution in [1.82, 2.24) is 14.8 Å². The lowest BCUT2D eigenvalue weighted by Gasteiger charge is -2.25. The Morgan fingerprint density at radius 3 is 2.56 bits per heavy atom. The minimum atomic E-state index is -0.284. The van der Waals surface area contributed by atoms with Crippen molar-refractivity contribution in [3.63, 3.8) is 0 Å². The number of urea groups is 1. The number of nitrogens with one attached hydrogen (secondary N) is 1. The zero-order valence-corrected chi connectivity index (χ0v) is 15.5. The molecule has 27 heavy (non-hydrogen) atoms. The Balaban J connectivity index is 1.74. The highest BCUT2D eigenvalue weighted by Gasteiger charge is 2.15. The van der Waals surface area contributed by atoms with Gasteiger partial charge in [0, 0.05) is 43.1 Å². The molecule has 0 aliphatic heterocycles. The van der Waals surface area contributed by atoms with Crippen LogP contribution in [0.25, 0.3) is 10.8 Å². The summed E-state index contributed by atoms with van der Waals surface area (Å²) in [6, 6.07) is 13.7. The number of rotatable bonds is 6. The molecular weight excluding hydrogens is 343 g/mol. The number of benzene rings is 2. The predicted molar refractivity (Wildman–Crippen MR) is 106 cm³/mol. The fourth-order valence-electron chi connectivity index (χ4n) is 2.75. The molecule has 3 aromatic rings. The number of amides is 2. The van der Waals surface area contributed by atoms with Crippen LogP contribution in [0.1, 0.15) is 5.56 Å². The zero-order valence-electron chi connectivity index (χ0n) is 15.5. The number of halogens is 1. The van der Waals surface area contributed by atoms with E-state index < -0.39 is 0 Å². The molecule has 2 aromatic carbocycles.